The third-order valence-corrected chi connectivity index (χ3v) is 7.97. The first-order valence-electron chi connectivity index (χ1n) is 13.9. The summed E-state index contributed by atoms with van der Waals surface area (Å²) >= 11 is 6.22. The Balaban J connectivity index is 1.11. The van der Waals surface area contributed by atoms with Gasteiger partial charge in [-0.2, -0.15) is 9.78 Å². The Morgan fingerprint density at radius 1 is 0.925 bits per heavy atom. The zero-order chi connectivity index (χ0) is 27.1. The number of halogens is 1. The first-order chi connectivity index (χ1) is 19.7. The van der Waals surface area contributed by atoms with Crippen molar-refractivity contribution in [1.29, 1.82) is 0 Å². The van der Waals surface area contributed by atoms with Gasteiger partial charge < -0.3 is 10.1 Å². The molecule has 1 N–H and O–H groups in total. The molecule has 2 atom stereocenters. The van der Waals surface area contributed by atoms with E-state index in [0.717, 1.165) is 55.9 Å². The van der Waals surface area contributed by atoms with Crippen LogP contribution >= 0.6 is 11.6 Å². The van der Waals surface area contributed by atoms with Crippen LogP contribution in [0.4, 0.5) is 0 Å². The van der Waals surface area contributed by atoms with Gasteiger partial charge in [-0.1, -0.05) is 60.7 Å². The second-order valence-corrected chi connectivity index (χ2v) is 10.6. The minimum atomic E-state index is 0.313. The Bertz CT molecular complexity index is 1540. The lowest BCUT2D eigenvalue weighted by Crippen LogP contribution is -2.50. The van der Waals surface area contributed by atoms with E-state index in [0.29, 0.717) is 24.0 Å². The molecule has 0 unspecified atom stereocenters. The molecule has 1 aliphatic heterocycles. The number of fused-ring (bicyclic) bond motifs is 1. The molecule has 204 valence electrons. The largest absolute Gasteiger partial charge is 0.490 e. The van der Waals surface area contributed by atoms with Crippen LogP contribution in [0.1, 0.15) is 24.0 Å². The number of rotatable bonds is 10. The van der Waals surface area contributed by atoms with Crippen molar-refractivity contribution >= 4 is 22.5 Å². The maximum atomic E-state index is 6.28. The molecule has 1 saturated heterocycles. The van der Waals surface area contributed by atoms with E-state index in [1.807, 2.05) is 36.5 Å². The lowest BCUT2D eigenvalue weighted by molar-refractivity contribution is 0.104. The molecule has 0 saturated carbocycles. The van der Waals surface area contributed by atoms with E-state index in [9.17, 15) is 0 Å². The molecule has 40 heavy (non-hydrogen) atoms. The van der Waals surface area contributed by atoms with Gasteiger partial charge >= 0.3 is 0 Å². The van der Waals surface area contributed by atoms with E-state index >= 15 is 0 Å². The van der Waals surface area contributed by atoms with E-state index < -0.39 is 0 Å². The average Bonchev–Trinajstić information content (AvgIpc) is 3.43. The van der Waals surface area contributed by atoms with E-state index in [-0.39, 0.29) is 0 Å². The predicted molar refractivity (Wildman–Crippen MR) is 159 cm³/mol. The highest BCUT2D eigenvalue weighted by atomic mass is 35.5. The normalized spacial score (nSPS) is 17.7. The number of hydrogen-bond donors (Lipinski definition) is 1. The van der Waals surface area contributed by atoms with Crippen molar-refractivity contribution in [3.8, 4) is 11.4 Å². The topological polar surface area (TPSA) is 68.1 Å². The van der Waals surface area contributed by atoms with Crippen molar-refractivity contribution in [2.45, 2.75) is 37.9 Å². The third kappa shape index (κ3) is 6.17. The molecule has 7 nitrogen and oxygen atoms in total. The summed E-state index contributed by atoms with van der Waals surface area (Å²) < 4.78 is 7.88. The smallest absolute Gasteiger partial charge is 0.225 e. The number of ether oxygens (including phenoxy) is 1. The molecule has 0 aliphatic carbocycles. The van der Waals surface area contributed by atoms with Gasteiger partial charge in [0, 0.05) is 43.3 Å². The average molecular weight is 553 g/mol. The number of hydrogen-bond acceptors (Lipinski definition) is 6. The maximum Gasteiger partial charge on any atom is 0.225 e. The van der Waals surface area contributed by atoms with E-state index in [1.54, 1.807) is 4.68 Å². The first kappa shape index (κ1) is 26.4. The van der Waals surface area contributed by atoms with Crippen molar-refractivity contribution in [2.24, 2.45) is 0 Å². The van der Waals surface area contributed by atoms with Crippen LogP contribution in [-0.4, -0.2) is 56.4 Å². The van der Waals surface area contributed by atoms with Crippen LogP contribution in [0.5, 0.6) is 5.75 Å². The Morgan fingerprint density at radius 3 is 2.62 bits per heavy atom. The fourth-order valence-corrected chi connectivity index (χ4v) is 5.84. The van der Waals surface area contributed by atoms with Crippen molar-refractivity contribution in [1.82, 2.24) is 30.0 Å². The second-order valence-electron chi connectivity index (χ2n) is 10.2. The summed E-state index contributed by atoms with van der Waals surface area (Å²) in [6, 6.07) is 30.0. The summed E-state index contributed by atoms with van der Waals surface area (Å²) in [7, 11) is 0. The van der Waals surface area contributed by atoms with Crippen LogP contribution in [0.3, 0.4) is 0 Å². The van der Waals surface area contributed by atoms with Gasteiger partial charge in [0.2, 0.25) is 5.28 Å². The molecule has 8 heteroatoms. The molecule has 3 aromatic carbocycles. The molecule has 0 amide bonds. The number of piperidine rings is 1. The molecule has 0 spiro atoms. The zero-order valence-electron chi connectivity index (χ0n) is 22.4. The fourth-order valence-electron chi connectivity index (χ4n) is 5.66. The number of aromatic nitrogens is 4. The number of nitrogens with zero attached hydrogens (tertiary/aromatic N) is 5. The monoisotopic (exact) mass is 552 g/mol. The third-order valence-electron chi connectivity index (χ3n) is 7.71. The number of pyridine rings is 1. The number of nitrogens with one attached hydrogen (secondary N) is 1. The lowest BCUT2D eigenvalue weighted by atomic mass is 9.92. The summed E-state index contributed by atoms with van der Waals surface area (Å²) in [6.07, 6.45) is 6.56. The van der Waals surface area contributed by atoms with E-state index in [1.165, 1.54) is 22.8 Å². The van der Waals surface area contributed by atoms with Crippen LogP contribution in [0.2, 0.25) is 5.28 Å². The molecule has 5 aromatic rings. The van der Waals surface area contributed by atoms with Crippen molar-refractivity contribution in [3.63, 3.8) is 0 Å². The maximum absolute atomic E-state index is 6.28. The van der Waals surface area contributed by atoms with Gasteiger partial charge in [0.15, 0.2) is 0 Å². The Hall–Kier alpha value is -3.78. The Morgan fingerprint density at radius 2 is 1.75 bits per heavy atom. The molecule has 6 rings (SSSR count). The van der Waals surface area contributed by atoms with Crippen LogP contribution < -0.4 is 10.1 Å². The van der Waals surface area contributed by atoms with Crippen molar-refractivity contribution in [2.75, 3.05) is 19.7 Å². The number of para-hydroxylation sites is 3. The van der Waals surface area contributed by atoms with Crippen LogP contribution in [0.25, 0.3) is 16.6 Å². The van der Waals surface area contributed by atoms with E-state index in [4.69, 9.17) is 16.3 Å². The SMILES string of the molecule is Clc1ncnn1-c1ccccc1OCCN1CC[C@@H](NCc2ccnc3ccccc23)C[C@@H]1Cc1ccccc1. The molecular formula is C32H33ClN6O. The Kier molecular flexibility index (Phi) is 8.33. The van der Waals surface area contributed by atoms with Crippen LogP contribution in [0.15, 0.2) is 97.5 Å². The van der Waals surface area contributed by atoms with Gasteiger partial charge in [-0.3, -0.25) is 9.88 Å². The number of likely N-dealkylation sites (tertiary alicyclic amines) is 1. The Labute approximate surface area is 239 Å². The summed E-state index contributed by atoms with van der Waals surface area (Å²) in [5.41, 5.74) is 4.50. The molecule has 0 radical (unpaired) electrons. The highest BCUT2D eigenvalue weighted by Crippen LogP contribution is 2.26. The van der Waals surface area contributed by atoms with Gasteiger partial charge in [-0.25, -0.2) is 4.98 Å². The lowest BCUT2D eigenvalue weighted by Gasteiger charge is -2.40. The molecule has 2 aromatic heterocycles. The minimum absolute atomic E-state index is 0.313. The van der Waals surface area contributed by atoms with Gasteiger partial charge in [0.1, 0.15) is 24.4 Å². The zero-order valence-corrected chi connectivity index (χ0v) is 23.1. The second kappa shape index (κ2) is 12.6. The standard InChI is InChI=1S/C32H33ClN6O/c33-32-36-23-37-39(32)30-12-6-7-13-31(30)40-19-18-38-17-15-26(21-27(38)20-24-8-2-1-3-9-24)35-22-25-14-16-34-29-11-5-4-10-28(25)29/h1-14,16,23,26-27,35H,15,17-22H2/t26-,27+/m1/s1. The highest BCUT2D eigenvalue weighted by Gasteiger charge is 2.28. The van der Waals surface area contributed by atoms with Gasteiger partial charge in [0.25, 0.3) is 0 Å². The molecule has 3 heterocycles. The quantitative estimate of drug-likeness (QED) is 0.239. The molecular weight excluding hydrogens is 520 g/mol. The van der Waals surface area contributed by atoms with Gasteiger partial charge in [-0.05, 0) is 66.3 Å². The van der Waals surface area contributed by atoms with Crippen molar-refractivity contribution < 1.29 is 4.74 Å². The van der Waals surface area contributed by atoms with Gasteiger partial charge in [0.05, 0.1) is 5.52 Å². The van der Waals surface area contributed by atoms with Crippen LogP contribution in [-0.2, 0) is 13.0 Å². The molecule has 1 aliphatic rings. The summed E-state index contributed by atoms with van der Waals surface area (Å²) in [6.45, 7) is 3.29. The summed E-state index contributed by atoms with van der Waals surface area (Å²) in [5.74, 6) is 0.746. The van der Waals surface area contributed by atoms with Crippen LogP contribution in [0, 0.1) is 0 Å². The highest BCUT2D eigenvalue weighted by molar-refractivity contribution is 6.28. The number of benzene rings is 3. The summed E-state index contributed by atoms with van der Waals surface area (Å²) in [4.78, 5) is 11.1. The molecule has 0 bridgehead atoms. The predicted octanol–water partition coefficient (Wildman–Crippen LogP) is 5.71. The van der Waals surface area contributed by atoms with Gasteiger partial charge in [-0.15, -0.1) is 0 Å². The van der Waals surface area contributed by atoms with Crippen molar-refractivity contribution in [3.05, 3.63) is 114 Å². The van der Waals surface area contributed by atoms with E-state index in [2.05, 4.69) is 79.9 Å². The first-order valence-corrected chi connectivity index (χ1v) is 14.2. The minimum Gasteiger partial charge on any atom is -0.490 e. The summed E-state index contributed by atoms with van der Waals surface area (Å²) in [5, 5.41) is 9.64. The fraction of sp³-hybridized carbons (Fsp3) is 0.281. The molecule has 1 fully saturated rings.